The number of carbonyl (C=O) groups is 1. The molecule has 0 saturated carbocycles. The van der Waals surface area contributed by atoms with Gasteiger partial charge in [0.1, 0.15) is 0 Å². The van der Waals surface area contributed by atoms with Gasteiger partial charge >= 0.3 is 0 Å². The fourth-order valence-corrected chi connectivity index (χ4v) is 3.24. The van der Waals surface area contributed by atoms with Crippen molar-refractivity contribution in [2.45, 2.75) is 19.9 Å². The van der Waals surface area contributed by atoms with E-state index in [4.69, 9.17) is 14.5 Å². The topological polar surface area (TPSA) is 93.2 Å². The highest BCUT2D eigenvalue weighted by atomic mass is 16.5. The van der Waals surface area contributed by atoms with Crippen LogP contribution >= 0.6 is 0 Å². The van der Waals surface area contributed by atoms with E-state index in [2.05, 4.69) is 15.2 Å². The van der Waals surface area contributed by atoms with Gasteiger partial charge in [-0.1, -0.05) is 0 Å². The summed E-state index contributed by atoms with van der Waals surface area (Å²) in [7, 11) is 1.57. The quantitative estimate of drug-likeness (QED) is 0.747. The highest BCUT2D eigenvalue weighted by Gasteiger charge is 2.37. The molecule has 0 aliphatic carbocycles. The maximum Gasteiger partial charge on any atom is 0.260 e. The van der Waals surface area contributed by atoms with Crippen molar-refractivity contribution in [1.29, 1.82) is 0 Å². The number of amides is 1. The molecule has 8 heteroatoms. The lowest BCUT2D eigenvalue weighted by Crippen LogP contribution is -2.25. The van der Waals surface area contributed by atoms with Crippen molar-refractivity contribution >= 4 is 11.6 Å². The zero-order valence-corrected chi connectivity index (χ0v) is 15.3. The third-order valence-corrected chi connectivity index (χ3v) is 4.53. The van der Waals surface area contributed by atoms with Gasteiger partial charge in [0, 0.05) is 18.0 Å². The third kappa shape index (κ3) is 2.79. The summed E-state index contributed by atoms with van der Waals surface area (Å²) >= 11 is 0. The van der Waals surface area contributed by atoms with Crippen molar-refractivity contribution < 1.29 is 14.3 Å². The normalized spacial score (nSPS) is 15.7. The molecule has 4 heterocycles. The van der Waals surface area contributed by atoms with Gasteiger partial charge in [-0.2, -0.15) is 5.10 Å². The number of anilines is 1. The molecule has 1 aliphatic heterocycles. The first-order chi connectivity index (χ1) is 13.1. The van der Waals surface area contributed by atoms with Crippen LogP contribution in [0.25, 0.3) is 11.3 Å². The number of rotatable bonds is 5. The first kappa shape index (κ1) is 17.0. The van der Waals surface area contributed by atoms with Crippen LogP contribution in [0.3, 0.4) is 0 Å². The lowest BCUT2D eigenvalue weighted by atomic mass is 10.1. The lowest BCUT2D eigenvalue weighted by molar-refractivity contribution is 0.0992. The number of ether oxygens (including phenoxy) is 2. The van der Waals surface area contributed by atoms with E-state index in [0.29, 0.717) is 23.8 Å². The number of aromatic amines is 1. The van der Waals surface area contributed by atoms with Gasteiger partial charge in [-0.05, 0) is 32.0 Å². The molecule has 1 unspecified atom stereocenters. The van der Waals surface area contributed by atoms with E-state index in [9.17, 15) is 4.79 Å². The summed E-state index contributed by atoms with van der Waals surface area (Å²) in [6, 6.07) is 5.27. The van der Waals surface area contributed by atoms with Crippen LogP contribution in [0.1, 0.15) is 35.9 Å². The molecule has 1 N–H and O–H groups in total. The monoisotopic (exact) mass is 365 g/mol. The second-order valence-electron chi connectivity index (χ2n) is 6.10. The number of pyridine rings is 2. The van der Waals surface area contributed by atoms with Crippen molar-refractivity contribution in [3.8, 4) is 22.9 Å². The molecular weight excluding hydrogens is 346 g/mol. The largest absolute Gasteiger partial charge is 0.491 e. The van der Waals surface area contributed by atoms with E-state index >= 15 is 0 Å². The standard InChI is InChI=1S/C19H19N5O3/c1-4-27-18-16(26-3)7-12(8-20-18)15-6-5-14-17(23-15)11(2)24(19(14)25)13-9-21-22-10-13/h5-11H,4H2,1-3H3,(H,21,22). The Balaban J connectivity index is 1.72. The number of carbonyl (C=O) groups excluding carboxylic acids is 1. The molecule has 0 spiro atoms. The van der Waals surface area contributed by atoms with Gasteiger partial charge in [0.2, 0.25) is 0 Å². The van der Waals surface area contributed by atoms with E-state index in [1.54, 1.807) is 36.7 Å². The predicted molar refractivity (Wildman–Crippen MR) is 99.0 cm³/mol. The fraction of sp³-hybridized carbons (Fsp3) is 0.263. The van der Waals surface area contributed by atoms with Gasteiger partial charge in [0.15, 0.2) is 5.75 Å². The summed E-state index contributed by atoms with van der Waals surface area (Å²) in [5, 5.41) is 6.67. The van der Waals surface area contributed by atoms with Crippen LogP contribution in [0, 0.1) is 0 Å². The minimum atomic E-state index is -0.192. The molecule has 0 bridgehead atoms. The van der Waals surface area contributed by atoms with Crippen molar-refractivity contribution in [3.63, 3.8) is 0 Å². The summed E-state index contributed by atoms with van der Waals surface area (Å²) in [6.45, 7) is 4.34. The molecule has 1 aliphatic rings. The molecule has 3 aromatic heterocycles. The Morgan fingerprint density at radius 3 is 2.85 bits per heavy atom. The van der Waals surface area contributed by atoms with E-state index in [0.717, 1.165) is 22.6 Å². The second kappa shape index (κ2) is 6.71. The summed E-state index contributed by atoms with van der Waals surface area (Å²) in [5.41, 5.74) is 3.55. The van der Waals surface area contributed by atoms with Crippen LogP contribution in [-0.4, -0.2) is 39.8 Å². The van der Waals surface area contributed by atoms with Gasteiger partial charge in [-0.3, -0.25) is 14.8 Å². The molecule has 3 aromatic rings. The average molecular weight is 365 g/mol. The number of nitrogens with one attached hydrogen (secondary N) is 1. The fourth-order valence-electron chi connectivity index (χ4n) is 3.24. The molecular formula is C19H19N5O3. The van der Waals surface area contributed by atoms with Gasteiger partial charge in [-0.15, -0.1) is 0 Å². The molecule has 4 rings (SSSR count). The number of H-pyrrole nitrogens is 1. The molecule has 0 aromatic carbocycles. The molecule has 0 saturated heterocycles. The third-order valence-electron chi connectivity index (χ3n) is 4.53. The molecule has 138 valence electrons. The smallest absolute Gasteiger partial charge is 0.260 e. The lowest BCUT2D eigenvalue weighted by Gasteiger charge is -2.19. The van der Waals surface area contributed by atoms with Crippen LogP contribution in [0.4, 0.5) is 5.69 Å². The Morgan fingerprint density at radius 1 is 1.30 bits per heavy atom. The Labute approximate surface area is 156 Å². The second-order valence-corrected chi connectivity index (χ2v) is 6.10. The van der Waals surface area contributed by atoms with Crippen LogP contribution in [0.15, 0.2) is 36.8 Å². The van der Waals surface area contributed by atoms with Gasteiger partial charge in [0.25, 0.3) is 11.8 Å². The number of hydrogen-bond donors (Lipinski definition) is 1. The number of aromatic nitrogens is 4. The average Bonchev–Trinajstić information content (AvgIpc) is 3.29. The Bertz CT molecular complexity index is 987. The summed E-state index contributed by atoms with van der Waals surface area (Å²) in [6.07, 6.45) is 5.02. The van der Waals surface area contributed by atoms with Crippen LogP contribution in [0.5, 0.6) is 11.6 Å². The summed E-state index contributed by atoms with van der Waals surface area (Å²) in [5.74, 6) is 0.903. The maximum atomic E-state index is 12.8. The summed E-state index contributed by atoms with van der Waals surface area (Å²) < 4.78 is 10.8. The summed E-state index contributed by atoms with van der Waals surface area (Å²) in [4.78, 5) is 23.5. The van der Waals surface area contributed by atoms with Gasteiger partial charge < -0.3 is 9.47 Å². The van der Waals surface area contributed by atoms with E-state index in [1.165, 1.54) is 0 Å². The molecule has 1 atom stereocenters. The Hall–Kier alpha value is -3.42. The number of fused-ring (bicyclic) bond motifs is 1. The number of hydrogen-bond acceptors (Lipinski definition) is 6. The molecule has 1 amide bonds. The Morgan fingerprint density at radius 2 is 2.15 bits per heavy atom. The van der Waals surface area contributed by atoms with Gasteiger partial charge in [-0.25, -0.2) is 9.97 Å². The molecule has 0 fully saturated rings. The zero-order chi connectivity index (χ0) is 19.0. The maximum absolute atomic E-state index is 12.8. The molecule has 27 heavy (non-hydrogen) atoms. The first-order valence-corrected chi connectivity index (χ1v) is 8.64. The SMILES string of the molecule is CCOc1ncc(-c2ccc3c(n2)C(C)N(c2cn[nH]c2)C3=O)cc1OC. The Kier molecular flexibility index (Phi) is 4.23. The van der Waals surface area contributed by atoms with E-state index < -0.39 is 0 Å². The van der Waals surface area contributed by atoms with E-state index in [1.807, 2.05) is 26.0 Å². The minimum Gasteiger partial charge on any atom is -0.491 e. The highest BCUT2D eigenvalue weighted by Crippen LogP contribution is 2.37. The van der Waals surface area contributed by atoms with Gasteiger partial charge in [0.05, 0.1) is 48.6 Å². The van der Waals surface area contributed by atoms with Crippen LogP contribution < -0.4 is 14.4 Å². The van der Waals surface area contributed by atoms with Crippen molar-refractivity contribution in [3.05, 3.63) is 48.0 Å². The van der Waals surface area contributed by atoms with Crippen LogP contribution in [0.2, 0.25) is 0 Å². The van der Waals surface area contributed by atoms with Crippen LogP contribution in [-0.2, 0) is 0 Å². The number of nitrogens with zero attached hydrogens (tertiary/aromatic N) is 4. The molecule has 0 radical (unpaired) electrons. The number of methoxy groups -OCH3 is 1. The predicted octanol–water partition coefficient (Wildman–Crippen LogP) is 3.00. The highest BCUT2D eigenvalue weighted by molar-refractivity contribution is 6.10. The molecule has 8 nitrogen and oxygen atoms in total. The minimum absolute atomic E-state index is 0.0830. The zero-order valence-electron chi connectivity index (χ0n) is 15.3. The van der Waals surface area contributed by atoms with Crippen molar-refractivity contribution in [2.75, 3.05) is 18.6 Å². The van der Waals surface area contributed by atoms with E-state index in [-0.39, 0.29) is 11.9 Å². The van der Waals surface area contributed by atoms with Crippen molar-refractivity contribution in [1.82, 2.24) is 20.2 Å². The first-order valence-electron chi connectivity index (χ1n) is 8.64. The van der Waals surface area contributed by atoms with Crippen molar-refractivity contribution in [2.24, 2.45) is 0 Å².